The zero-order valence-corrected chi connectivity index (χ0v) is 10.1. The van der Waals surface area contributed by atoms with Gasteiger partial charge in [0.2, 0.25) is 5.91 Å². The number of hydrogen-bond acceptors (Lipinski definition) is 2. The van der Waals surface area contributed by atoms with Gasteiger partial charge in [-0.2, -0.15) is 0 Å². The summed E-state index contributed by atoms with van der Waals surface area (Å²) in [5, 5.41) is 9.95. The molecule has 1 atom stereocenters. The third kappa shape index (κ3) is 2.94. The van der Waals surface area contributed by atoms with Gasteiger partial charge in [0.05, 0.1) is 18.7 Å². The van der Waals surface area contributed by atoms with Crippen LogP contribution in [0.5, 0.6) is 0 Å². The Hall–Kier alpha value is -0.570. The molecule has 88 valence electrons. The summed E-state index contributed by atoms with van der Waals surface area (Å²) in [4.78, 5) is 13.6. The van der Waals surface area contributed by atoms with E-state index in [-0.39, 0.29) is 11.8 Å². The van der Waals surface area contributed by atoms with Crippen molar-refractivity contribution < 1.29 is 9.90 Å². The smallest absolute Gasteiger partial charge is 0.225 e. The van der Waals surface area contributed by atoms with Crippen molar-refractivity contribution in [1.29, 1.82) is 0 Å². The van der Waals surface area contributed by atoms with Crippen molar-refractivity contribution in [1.82, 2.24) is 4.90 Å². The van der Waals surface area contributed by atoms with E-state index < -0.39 is 5.60 Å². The number of β-amino-alcohol motifs (C(OH)–C–C–N with tert-alkyl or cyclic N) is 1. The third-order valence-corrected chi connectivity index (χ3v) is 3.14. The molecule has 0 radical (unpaired) electrons. The molecule has 0 aromatic carbocycles. The van der Waals surface area contributed by atoms with E-state index in [1.807, 2.05) is 6.92 Å². The molecule has 1 saturated heterocycles. The van der Waals surface area contributed by atoms with E-state index in [1.165, 1.54) is 0 Å². The van der Waals surface area contributed by atoms with Gasteiger partial charge in [0.1, 0.15) is 0 Å². The molecular formula is C12H23NO2. The van der Waals surface area contributed by atoms with Crippen LogP contribution in [0.4, 0.5) is 0 Å². The van der Waals surface area contributed by atoms with E-state index in [1.54, 1.807) is 4.90 Å². The van der Waals surface area contributed by atoms with Crippen LogP contribution in [-0.2, 0) is 4.79 Å². The molecule has 1 rings (SSSR count). The second kappa shape index (κ2) is 4.97. The van der Waals surface area contributed by atoms with Crippen LogP contribution in [-0.4, -0.2) is 34.6 Å². The molecule has 0 spiro atoms. The molecule has 1 aliphatic heterocycles. The normalized spacial score (nSPS) is 20.9. The summed E-state index contributed by atoms with van der Waals surface area (Å²) in [6.07, 6.45) is 3.77. The number of nitrogens with zero attached hydrogens (tertiary/aromatic N) is 1. The Kier molecular flexibility index (Phi) is 4.14. The number of carbonyl (C=O) groups excluding carboxylic acids is 1. The minimum Gasteiger partial charge on any atom is -0.386 e. The highest BCUT2D eigenvalue weighted by Crippen LogP contribution is 2.27. The molecule has 0 aromatic heterocycles. The average molecular weight is 213 g/mol. The van der Waals surface area contributed by atoms with E-state index in [0.29, 0.717) is 13.1 Å². The first-order chi connectivity index (χ1) is 7.02. The van der Waals surface area contributed by atoms with Crippen molar-refractivity contribution in [3.05, 3.63) is 0 Å². The largest absolute Gasteiger partial charge is 0.386 e. The lowest BCUT2D eigenvalue weighted by Gasteiger charge is -2.47. The predicted molar refractivity (Wildman–Crippen MR) is 60.5 cm³/mol. The topological polar surface area (TPSA) is 40.5 Å². The Morgan fingerprint density at radius 2 is 2.00 bits per heavy atom. The molecular weight excluding hydrogens is 190 g/mol. The number of amides is 1. The van der Waals surface area contributed by atoms with Crippen LogP contribution < -0.4 is 0 Å². The summed E-state index contributed by atoms with van der Waals surface area (Å²) >= 11 is 0. The van der Waals surface area contributed by atoms with Gasteiger partial charge in [-0.15, -0.1) is 0 Å². The van der Waals surface area contributed by atoms with Gasteiger partial charge in [-0.1, -0.05) is 33.6 Å². The standard InChI is InChI=1S/C12H23NO2/c1-4-6-10(3)11(14)13-8-12(15,9-13)7-5-2/h10,15H,4-9H2,1-3H3. The first-order valence-corrected chi connectivity index (χ1v) is 6.03. The van der Waals surface area contributed by atoms with E-state index in [9.17, 15) is 9.90 Å². The number of hydrogen-bond donors (Lipinski definition) is 1. The van der Waals surface area contributed by atoms with Gasteiger partial charge in [-0.05, 0) is 12.8 Å². The molecule has 1 unspecified atom stereocenters. The van der Waals surface area contributed by atoms with Gasteiger partial charge >= 0.3 is 0 Å². The molecule has 1 N–H and O–H groups in total. The van der Waals surface area contributed by atoms with E-state index in [2.05, 4.69) is 13.8 Å². The van der Waals surface area contributed by atoms with Gasteiger partial charge in [0, 0.05) is 5.92 Å². The fourth-order valence-corrected chi connectivity index (χ4v) is 2.31. The van der Waals surface area contributed by atoms with Crippen molar-refractivity contribution in [2.24, 2.45) is 5.92 Å². The number of rotatable bonds is 5. The summed E-state index contributed by atoms with van der Waals surface area (Å²) in [6, 6.07) is 0. The molecule has 3 nitrogen and oxygen atoms in total. The van der Waals surface area contributed by atoms with Crippen molar-refractivity contribution in [3.63, 3.8) is 0 Å². The molecule has 1 amide bonds. The molecule has 1 heterocycles. The Bertz CT molecular complexity index is 222. The summed E-state index contributed by atoms with van der Waals surface area (Å²) in [5.41, 5.74) is -0.587. The number of carbonyl (C=O) groups is 1. The Morgan fingerprint density at radius 3 is 2.47 bits per heavy atom. The maximum atomic E-state index is 11.8. The van der Waals surface area contributed by atoms with Gasteiger partial charge in [0.15, 0.2) is 0 Å². The molecule has 3 heteroatoms. The molecule has 0 aromatic rings. The monoisotopic (exact) mass is 213 g/mol. The summed E-state index contributed by atoms with van der Waals surface area (Å²) in [7, 11) is 0. The van der Waals surface area contributed by atoms with Crippen molar-refractivity contribution in [2.75, 3.05) is 13.1 Å². The van der Waals surface area contributed by atoms with Gasteiger partial charge in [-0.3, -0.25) is 4.79 Å². The van der Waals surface area contributed by atoms with Gasteiger partial charge in [0.25, 0.3) is 0 Å². The highest BCUT2D eigenvalue weighted by atomic mass is 16.3. The maximum Gasteiger partial charge on any atom is 0.225 e. The lowest BCUT2D eigenvalue weighted by Crippen LogP contribution is -2.64. The van der Waals surface area contributed by atoms with Crippen LogP contribution in [0.15, 0.2) is 0 Å². The van der Waals surface area contributed by atoms with Crippen LogP contribution in [0.2, 0.25) is 0 Å². The van der Waals surface area contributed by atoms with Crippen molar-refractivity contribution in [3.8, 4) is 0 Å². The summed E-state index contributed by atoms with van der Waals surface area (Å²) in [6.45, 7) is 7.19. The third-order valence-electron chi connectivity index (χ3n) is 3.14. The highest BCUT2D eigenvalue weighted by Gasteiger charge is 2.43. The van der Waals surface area contributed by atoms with E-state index >= 15 is 0 Å². The van der Waals surface area contributed by atoms with E-state index in [0.717, 1.165) is 25.7 Å². The fraction of sp³-hybridized carbons (Fsp3) is 0.917. The number of likely N-dealkylation sites (tertiary alicyclic amines) is 1. The van der Waals surface area contributed by atoms with Crippen LogP contribution >= 0.6 is 0 Å². The maximum absolute atomic E-state index is 11.8. The summed E-state index contributed by atoms with van der Waals surface area (Å²) in [5.74, 6) is 0.318. The lowest BCUT2D eigenvalue weighted by molar-refractivity contribution is -0.160. The SMILES string of the molecule is CCCC(C)C(=O)N1CC(O)(CCC)C1. The molecule has 0 bridgehead atoms. The average Bonchev–Trinajstić information content (AvgIpc) is 2.13. The minimum atomic E-state index is -0.587. The molecule has 1 fully saturated rings. The molecule has 0 aliphatic carbocycles. The Labute approximate surface area is 92.5 Å². The summed E-state index contributed by atoms with van der Waals surface area (Å²) < 4.78 is 0. The second-order valence-corrected chi connectivity index (χ2v) is 4.86. The van der Waals surface area contributed by atoms with Gasteiger partial charge < -0.3 is 10.0 Å². The number of aliphatic hydroxyl groups is 1. The molecule has 1 aliphatic rings. The minimum absolute atomic E-state index is 0.112. The van der Waals surface area contributed by atoms with Crippen LogP contribution in [0.3, 0.4) is 0 Å². The Morgan fingerprint density at radius 1 is 1.40 bits per heavy atom. The quantitative estimate of drug-likeness (QED) is 0.756. The van der Waals surface area contributed by atoms with Crippen molar-refractivity contribution >= 4 is 5.91 Å². The van der Waals surface area contributed by atoms with E-state index in [4.69, 9.17) is 0 Å². The zero-order valence-electron chi connectivity index (χ0n) is 10.1. The first-order valence-electron chi connectivity index (χ1n) is 6.03. The lowest BCUT2D eigenvalue weighted by atomic mass is 9.88. The first kappa shape index (κ1) is 12.5. The van der Waals surface area contributed by atoms with Crippen LogP contribution in [0.25, 0.3) is 0 Å². The van der Waals surface area contributed by atoms with Crippen LogP contribution in [0, 0.1) is 5.92 Å². The van der Waals surface area contributed by atoms with Gasteiger partial charge in [-0.25, -0.2) is 0 Å². The highest BCUT2D eigenvalue weighted by molar-refractivity contribution is 5.79. The Balaban J connectivity index is 2.34. The van der Waals surface area contributed by atoms with Crippen LogP contribution in [0.1, 0.15) is 46.5 Å². The molecule has 0 saturated carbocycles. The predicted octanol–water partition coefficient (Wildman–Crippen LogP) is 1.80. The molecule has 15 heavy (non-hydrogen) atoms. The van der Waals surface area contributed by atoms with Crippen molar-refractivity contribution in [2.45, 2.75) is 52.1 Å². The zero-order chi connectivity index (χ0) is 11.5. The second-order valence-electron chi connectivity index (χ2n) is 4.86. The fourth-order valence-electron chi connectivity index (χ4n) is 2.31.